The van der Waals surface area contributed by atoms with Gasteiger partial charge in [-0.25, -0.2) is 18.1 Å². The molecule has 24 heavy (non-hydrogen) atoms. The number of nitrogens with zero attached hydrogens (tertiary/aromatic N) is 3. The molecule has 2 aromatic rings. The summed E-state index contributed by atoms with van der Waals surface area (Å²) in [6, 6.07) is 0.0255. The molecule has 0 unspecified atom stereocenters. The van der Waals surface area contributed by atoms with Gasteiger partial charge in [0.1, 0.15) is 5.01 Å². The Kier molecular flexibility index (Phi) is 4.99. The fourth-order valence-corrected chi connectivity index (χ4v) is 5.78. The van der Waals surface area contributed by atoms with E-state index in [2.05, 4.69) is 28.7 Å². The third-order valence-electron chi connectivity index (χ3n) is 4.43. The first-order chi connectivity index (χ1) is 11.3. The van der Waals surface area contributed by atoms with Crippen LogP contribution in [-0.4, -0.2) is 29.1 Å². The smallest absolute Gasteiger partial charge is 0.221 e. The van der Waals surface area contributed by atoms with Crippen LogP contribution in [-0.2, 0) is 10.0 Å². The van der Waals surface area contributed by atoms with Gasteiger partial charge in [0.05, 0.1) is 5.69 Å². The lowest BCUT2D eigenvalue weighted by Crippen LogP contribution is -2.37. The van der Waals surface area contributed by atoms with E-state index in [4.69, 9.17) is 0 Å². The fourth-order valence-electron chi connectivity index (χ4n) is 3.12. The van der Waals surface area contributed by atoms with E-state index in [0.29, 0.717) is 10.7 Å². The van der Waals surface area contributed by atoms with Gasteiger partial charge < -0.3 is 0 Å². The van der Waals surface area contributed by atoms with Gasteiger partial charge in [0.25, 0.3) is 10.0 Å². The van der Waals surface area contributed by atoms with Crippen LogP contribution < -0.4 is 4.72 Å². The first-order valence-corrected chi connectivity index (χ1v) is 11.0. The zero-order chi connectivity index (χ0) is 17.5. The first kappa shape index (κ1) is 17.8. The lowest BCUT2D eigenvalue weighted by molar-refractivity contribution is 0.411. The SMILES string of the molecule is CC(C)c1nn2c(S(=O)(=O)NC3CCCCC3)c(C(C)C)nc2s1. The van der Waals surface area contributed by atoms with Crippen LogP contribution in [0.3, 0.4) is 0 Å². The van der Waals surface area contributed by atoms with E-state index in [1.165, 1.54) is 22.3 Å². The van der Waals surface area contributed by atoms with E-state index < -0.39 is 10.0 Å². The lowest BCUT2D eigenvalue weighted by Gasteiger charge is -2.22. The number of fused-ring (bicyclic) bond motifs is 1. The second-order valence-corrected chi connectivity index (χ2v) is 9.82. The fraction of sp³-hybridized carbons (Fsp3) is 0.750. The molecule has 1 aliphatic rings. The number of hydrogen-bond donors (Lipinski definition) is 1. The minimum absolute atomic E-state index is 0.0255. The van der Waals surface area contributed by atoms with E-state index in [1.54, 1.807) is 0 Å². The maximum atomic E-state index is 13.1. The quantitative estimate of drug-likeness (QED) is 0.871. The van der Waals surface area contributed by atoms with Crippen molar-refractivity contribution in [2.75, 3.05) is 0 Å². The molecule has 3 rings (SSSR count). The summed E-state index contributed by atoms with van der Waals surface area (Å²) in [6.45, 7) is 8.04. The van der Waals surface area contributed by atoms with Gasteiger partial charge in [-0.1, -0.05) is 58.3 Å². The predicted octanol–water partition coefficient (Wildman–Crippen LogP) is 3.65. The molecule has 8 heteroatoms. The van der Waals surface area contributed by atoms with E-state index in [0.717, 1.165) is 30.7 Å². The third kappa shape index (κ3) is 3.36. The van der Waals surface area contributed by atoms with Crippen molar-refractivity contribution >= 4 is 26.3 Å². The zero-order valence-corrected chi connectivity index (χ0v) is 16.4. The molecule has 1 aliphatic carbocycles. The Balaban J connectivity index is 2.05. The lowest BCUT2D eigenvalue weighted by atomic mass is 9.96. The van der Waals surface area contributed by atoms with Gasteiger partial charge in [0.2, 0.25) is 4.96 Å². The normalized spacial score (nSPS) is 17.4. The Labute approximate surface area is 147 Å². The number of sulfonamides is 1. The largest absolute Gasteiger partial charge is 0.260 e. The molecular formula is C16H26N4O2S2. The van der Waals surface area contributed by atoms with Gasteiger partial charge in [-0.2, -0.15) is 9.61 Å². The number of aromatic nitrogens is 3. The van der Waals surface area contributed by atoms with Crippen LogP contribution in [0, 0.1) is 0 Å². The van der Waals surface area contributed by atoms with Crippen LogP contribution in [0.1, 0.15) is 82.3 Å². The van der Waals surface area contributed by atoms with Crippen molar-refractivity contribution < 1.29 is 8.42 Å². The molecular weight excluding hydrogens is 344 g/mol. The summed E-state index contributed by atoms with van der Waals surface area (Å²) in [6.07, 6.45) is 5.18. The van der Waals surface area contributed by atoms with Gasteiger partial charge >= 0.3 is 0 Å². The van der Waals surface area contributed by atoms with Crippen molar-refractivity contribution in [1.29, 1.82) is 0 Å². The Morgan fingerprint density at radius 2 is 1.79 bits per heavy atom. The highest BCUT2D eigenvalue weighted by Crippen LogP contribution is 2.30. The maximum absolute atomic E-state index is 13.1. The highest BCUT2D eigenvalue weighted by atomic mass is 32.2. The summed E-state index contributed by atoms with van der Waals surface area (Å²) < 4.78 is 30.6. The standard InChI is InChI=1S/C16H26N4O2S2/c1-10(2)13-15(20-16(17-13)23-14(18-20)11(3)4)24(21,22)19-12-8-6-5-7-9-12/h10-12,19H,5-9H2,1-4H3. The van der Waals surface area contributed by atoms with E-state index >= 15 is 0 Å². The van der Waals surface area contributed by atoms with E-state index in [-0.39, 0.29) is 22.9 Å². The number of rotatable bonds is 5. The predicted molar refractivity (Wildman–Crippen MR) is 96.2 cm³/mol. The van der Waals surface area contributed by atoms with Crippen molar-refractivity contribution in [2.24, 2.45) is 0 Å². The first-order valence-electron chi connectivity index (χ1n) is 8.71. The molecule has 0 bridgehead atoms. The summed E-state index contributed by atoms with van der Waals surface area (Å²) in [5.41, 5.74) is 0.604. The zero-order valence-electron chi connectivity index (χ0n) is 14.7. The molecule has 1 saturated carbocycles. The molecule has 2 heterocycles. The van der Waals surface area contributed by atoms with Gasteiger partial charge in [-0.05, 0) is 18.8 Å². The molecule has 0 saturated heterocycles. The molecule has 0 amide bonds. The van der Waals surface area contributed by atoms with Crippen LogP contribution in [0.5, 0.6) is 0 Å². The van der Waals surface area contributed by atoms with Gasteiger partial charge in [0, 0.05) is 12.0 Å². The van der Waals surface area contributed by atoms with Crippen molar-refractivity contribution in [1.82, 2.24) is 19.3 Å². The number of nitrogens with one attached hydrogen (secondary N) is 1. The second-order valence-electron chi connectivity index (χ2n) is 7.20. The van der Waals surface area contributed by atoms with Gasteiger partial charge in [0.15, 0.2) is 5.03 Å². The minimum Gasteiger partial charge on any atom is -0.221 e. The third-order valence-corrected chi connectivity index (χ3v) is 7.17. The van der Waals surface area contributed by atoms with Crippen LogP contribution in [0.4, 0.5) is 0 Å². The van der Waals surface area contributed by atoms with Gasteiger partial charge in [-0.15, -0.1) is 0 Å². The molecule has 0 aromatic carbocycles. The Morgan fingerprint density at radius 1 is 1.12 bits per heavy atom. The topological polar surface area (TPSA) is 76.4 Å². The van der Waals surface area contributed by atoms with Gasteiger partial charge in [-0.3, -0.25) is 0 Å². The minimum atomic E-state index is -3.64. The molecule has 1 fully saturated rings. The summed E-state index contributed by atoms with van der Waals surface area (Å²) in [5.74, 6) is 0.278. The van der Waals surface area contributed by atoms with Crippen molar-refractivity contribution in [2.45, 2.75) is 82.7 Å². The molecule has 0 spiro atoms. The van der Waals surface area contributed by atoms with Crippen LogP contribution in [0.25, 0.3) is 4.96 Å². The molecule has 2 aromatic heterocycles. The van der Waals surface area contributed by atoms with Crippen LogP contribution in [0.2, 0.25) is 0 Å². The molecule has 1 N–H and O–H groups in total. The average Bonchev–Trinajstić information content (AvgIpc) is 3.04. The van der Waals surface area contributed by atoms with E-state index in [1.807, 2.05) is 13.8 Å². The summed E-state index contributed by atoms with van der Waals surface area (Å²) in [7, 11) is -3.64. The van der Waals surface area contributed by atoms with Crippen molar-refractivity contribution in [3.8, 4) is 0 Å². The summed E-state index contributed by atoms with van der Waals surface area (Å²) in [5, 5.41) is 5.66. The highest BCUT2D eigenvalue weighted by Gasteiger charge is 2.31. The Hall–Kier alpha value is -0.990. The van der Waals surface area contributed by atoms with Crippen molar-refractivity contribution in [3.05, 3.63) is 10.7 Å². The number of imidazole rings is 1. The van der Waals surface area contributed by atoms with Crippen LogP contribution in [0.15, 0.2) is 5.03 Å². The summed E-state index contributed by atoms with van der Waals surface area (Å²) in [4.78, 5) is 5.23. The molecule has 0 aliphatic heterocycles. The highest BCUT2D eigenvalue weighted by molar-refractivity contribution is 7.89. The van der Waals surface area contributed by atoms with Crippen LogP contribution >= 0.6 is 11.3 Å². The molecule has 0 radical (unpaired) electrons. The Morgan fingerprint density at radius 3 is 2.38 bits per heavy atom. The Bertz CT molecular complexity index is 815. The molecule has 6 nitrogen and oxygen atoms in total. The summed E-state index contributed by atoms with van der Waals surface area (Å²) >= 11 is 1.47. The maximum Gasteiger partial charge on any atom is 0.260 e. The van der Waals surface area contributed by atoms with Crippen molar-refractivity contribution in [3.63, 3.8) is 0 Å². The van der Waals surface area contributed by atoms with E-state index in [9.17, 15) is 8.42 Å². The molecule has 134 valence electrons. The number of hydrogen-bond acceptors (Lipinski definition) is 5. The average molecular weight is 371 g/mol. The monoisotopic (exact) mass is 370 g/mol. The molecule has 0 atom stereocenters. The second kappa shape index (κ2) is 6.72.